The van der Waals surface area contributed by atoms with E-state index in [1.807, 2.05) is 36.4 Å². The molecule has 4 rings (SSSR count). The predicted octanol–water partition coefficient (Wildman–Crippen LogP) is 5.26. The van der Waals surface area contributed by atoms with E-state index < -0.39 is 23.8 Å². The third-order valence-corrected chi connectivity index (χ3v) is 5.71. The molecule has 1 unspecified atom stereocenters. The average molecular weight is 427 g/mol. The summed E-state index contributed by atoms with van der Waals surface area (Å²) in [5, 5.41) is 0. The van der Waals surface area contributed by atoms with Gasteiger partial charge in [0.15, 0.2) is 0 Å². The van der Waals surface area contributed by atoms with E-state index in [0.717, 1.165) is 10.5 Å². The minimum Gasteiger partial charge on any atom is -0.273 e. The highest BCUT2D eigenvalue weighted by atomic mass is 16.2. The molecule has 0 bridgehead atoms. The summed E-state index contributed by atoms with van der Waals surface area (Å²) < 4.78 is 0. The summed E-state index contributed by atoms with van der Waals surface area (Å²) in [6, 6.07) is 24.9. The lowest BCUT2D eigenvalue weighted by atomic mass is 9.86. The van der Waals surface area contributed by atoms with Gasteiger partial charge in [-0.3, -0.25) is 14.5 Å². The van der Waals surface area contributed by atoms with Crippen LogP contribution in [-0.2, 0) is 21.5 Å². The van der Waals surface area contributed by atoms with Gasteiger partial charge in [0.25, 0.3) is 5.91 Å². The molecule has 1 fully saturated rings. The molecule has 0 aromatic heterocycles. The Labute approximate surface area is 188 Å². The maximum absolute atomic E-state index is 13.4. The van der Waals surface area contributed by atoms with Gasteiger partial charge in [-0.25, -0.2) is 9.69 Å². The molecule has 0 radical (unpaired) electrons. The van der Waals surface area contributed by atoms with Crippen LogP contribution in [0.1, 0.15) is 43.4 Å². The molecule has 1 aliphatic rings. The summed E-state index contributed by atoms with van der Waals surface area (Å²) >= 11 is 0. The van der Waals surface area contributed by atoms with Crippen LogP contribution in [0.15, 0.2) is 84.9 Å². The van der Waals surface area contributed by atoms with Gasteiger partial charge in [0, 0.05) is 0 Å². The standard InChI is InChI=1S/C27H26N2O3/c1-27(2,3)21-16-14-19(15-17-21)18-28-24(30)23(20-10-6-4-7-11-20)25(31)29(26(28)32)22-12-8-5-9-13-22/h4-17,23H,18H2,1-3H3. The Kier molecular flexibility index (Phi) is 5.66. The molecule has 5 heteroatoms. The van der Waals surface area contributed by atoms with Crippen molar-refractivity contribution in [1.29, 1.82) is 0 Å². The fourth-order valence-corrected chi connectivity index (χ4v) is 3.88. The second-order valence-electron chi connectivity index (χ2n) is 9.01. The first-order chi connectivity index (χ1) is 15.3. The van der Waals surface area contributed by atoms with Gasteiger partial charge in [-0.15, -0.1) is 0 Å². The number of hydrogen-bond donors (Lipinski definition) is 0. The van der Waals surface area contributed by atoms with Crippen LogP contribution in [0, 0.1) is 0 Å². The second-order valence-corrected chi connectivity index (χ2v) is 9.01. The van der Waals surface area contributed by atoms with Gasteiger partial charge >= 0.3 is 6.03 Å². The van der Waals surface area contributed by atoms with Gasteiger partial charge in [0.05, 0.1) is 12.2 Å². The summed E-state index contributed by atoms with van der Waals surface area (Å²) in [5.41, 5.74) is 3.02. The Hall–Kier alpha value is -3.73. The Morgan fingerprint density at radius 1 is 0.719 bits per heavy atom. The Morgan fingerprint density at radius 2 is 1.28 bits per heavy atom. The molecule has 1 aliphatic heterocycles. The van der Waals surface area contributed by atoms with Crippen molar-refractivity contribution in [2.45, 2.75) is 38.6 Å². The molecule has 32 heavy (non-hydrogen) atoms. The van der Waals surface area contributed by atoms with Crippen molar-refractivity contribution in [2.75, 3.05) is 4.90 Å². The van der Waals surface area contributed by atoms with Crippen LogP contribution in [0.3, 0.4) is 0 Å². The van der Waals surface area contributed by atoms with E-state index in [-0.39, 0.29) is 12.0 Å². The fraction of sp³-hybridized carbons (Fsp3) is 0.222. The van der Waals surface area contributed by atoms with E-state index in [0.29, 0.717) is 11.3 Å². The monoisotopic (exact) mass is 426 g/mol. The number of nitrogens with zero attached hydrogens (tertiary/aromatic N) is 2. The van der Waals surface area contributed by atoms with Crippen molar-refractivity contribution in [3.8, 4) is 0 Å². The van der Waals surface area contributed by atoms with Crippen LogP contribution in [-0.4, -0.2) is 22.7 Å². The zero-order valence-corrected chi connectivity index (χ0v) is 18.5. The first-order valence-corrected chi connectivity index (χ1v) is 10.7. The summed E-state index contributed by atoms with van der Waals surface area (Å²) in [7, 11) is 0. The number of imide groups is 2. The van der Waals surface area contributed by atoms with Gasteiger partial charge < -0.3 is 0 Å². The molecule has 0 saturated carbocycles. The maximum atomic E-state index is 13.4. The van der Waals surface area contributed by atoms with E-state index in [1.165, 1.54) is 10.5 Å². The Balaban J connectivity index is 1.72. The number of para-hydroxylation sites is 1. The highest BCUT2D eigenvalue weighted by Gasteiger charge is 2.47. The van der Waals surface area contributed by atoms with Gasteiger partial charge in [0.2, 0.25) is 5.91 Å². The number of rotatable bonds is 4. The molecule has 5 nitrogen and oxygen atoms in total. The smallest absolute Gasteiger partial charge is 0.273 e. The van der Waals surface area contributed by atoms with Crippen LogP contribution in [0.25, 0.3) is 0 Å². The minimum absolute atomic E-state index is 0.00419. The van der Waals surface area contributed by atoms with E-state index in [4.69, 9.17) is 0 Å². The van der Waals surface area contributed by atoms with Crippen molar-refractivity contribution in [1.82, 2.24) is 4.90 Å². The van der Waals surface area contributed by atoms with Crippen molar-refractivity contribution >= 4 is 23.5 Å². The van der Waals surface area contributed by atoms with Crippen molar-refractivity contribution < 1.29 is 14.4 Å². The summed E-state index contributed by atoms with van der Waals surface area (Å²) in [5.74, 6) is -2.10. The number of hydrogen-bond acceptors (Lipinski definition) is 3. The molecule has 162 valence electrons. The number of benzene rings is 3. The first-order valence-electron chi connectivity index (χ1n) is 10.7. The van der Waals surface area contributed by atoms with E-state index in [1.54, 1.807) is 48.5 Å². The number of carbonyl (C=O) groups is 3. The fourth-order valence-electron chi connectivity index (χ4n) is 3.88. The summed E-state index contributed by atoms with van der Waals surface area (Å²) in [6.45, 7) is 6.50. The van der Waals surface area contributed by atoms with Crippen LogP contribution < -0.4 is 4.90 Å². The van der Waals surface area contributed by atoms with Gasteiger partial charge in [0.1, 0.15) is 5.92 Å². The zero-order chi connectivity index (χ0) is 22.9. The molecule has 1 heterocycles. The third kappa shape index (κ3) is 4.06. The Morgan fingerprint density at radius 3 is 1.84 bits per heavy atom. The number of anilines is 1. The normalized spacial score (nSPS) is 17.1. The van der Waals surface area contributed by atoms with E-state index in [9.17, 15) is 14.4 Å². The predicted molar refractivity (Wildman–Crippen MR) is 124 cm³/mol. The van der Waals surface area contributed by atoms with Gasteiger partial charge in [-0.05, 0) is 34.2 Å². The van der Waals surface area contributed by atoms with Crippen molar-refractivity contribution in [3.63, 3.8) is 0 Å². The van der Waals surface area contributed by atoms with Gasteiger partial charge in [-0.1, -0.05) is 93.6 Å². The molecular weight excluding hydrogens is 400 g/mol. The number of barbiturate groups is 1. The summed E-state index contributed by atoms with van der Waals surface area (Å²) in [4.78, 5) is 42.4. The average Bonchev–Trinajstić information content (AvgIpc) is 2.78. The first kappa shape index (κ1) is 21.5. The van der Waals surface area contributed by atoms with Crippen LogP contribution >= 0.6 is 0 Å². The van der Waals surface area contributed by atoms with Crippen LogP contribution in [0.5, 0.6) is 0 Å². The topological polar surface area (TPSA) is 57.7 Å². The molecule has 0 N–H and O–H groups in total. The number of carbonyl (C=O) groups excluding carboxylic acids is 3. The maximum Gasteiger partial charge on any atom is 0.338 e. The lowest BCUT2D eigenvalue weighted by Crippen LogP contribution is -2.58. The zero-order valence-electron chi connectivity index (χ0n) is 18.5. The Bertz CT molecular complexity index is 1070. The highest BCUT2D eigenvalue weighted by molar-refractivity contribution is 6.29. The number of urea groups is 1. The van der Waals surface area contributed by atoms with Crippen molar-refractivity contribution in [2.24, 2.45) is 0 Å². The molecule has 3 aromatic rings. The molecule has 1 atom stereocenters. The lowest BCUT2D eigenvalue weighted by molar-refractivity contribution is -0.137. The van der Waals surface area contributed by atoms with E-state index in [2.05, 4.69) is 20.8 Å². The quantitative estimate of drug-likeness (QED) is 0.535. The largest absolute Gasteiger partial charge is 0.338 e. The third-order valence-electron chi connectivity index (χ3n) is 5.71. The molecule has 4 amide bonds. The summed E-state index contributed by atoms with van der Waals surface area (Å²) in [6.07, 6.45) is 0. The van der Waals surface area contributed by atoms with Gasteiger partial charge in [-0.2, -0.15) is 0 Å². The highest BCUT2D eigenvalue weighted by Crippen LogP contribution is 2.32. The van der Waals surface area contributed by atoms with Crippen LogP contribution in [0.2, 0.25) is 0 Å². The molecule has 0 spiro atoms. The van der Waals surface area contributed by atoms with Crippen molar-refractivity contribution in [3.05, 3.63) is 102 Å². The molecule has 3 aromatic carbocycles. The number of amides is 4. The molecular formula is C27H26N2O3. The molecule has 0 aliphatic carbocycles. The van der Waals surface area contributed by atoms with E-state index >= 15 is 0 Å². The molecule has 1 saturated heterocycles. The lowest BCUT2D eigenvalue weighted by Gasteiger charge is -2.37. The minimum atomic E-state index is -1.07. The second kappa shape index (κ2) is 8.42. The SMILES string of the molecule is CC(C)(C)c1ccc(CN2C(=O)C(c3ccccc3)C(=O)N(c3ccccc3)C2=O)cc1. The van der Waals surface area contributed by atoms with Crippen LogP contribution in [0.4, 0.5) is 10.5 Å².